The van der Waals surface area contributed by atoms with Crippen molar-refractivity contribution in [3.63, 3.8) is 0 Å². The van der Waals surface area contributed by atoms with Crippen LogP contribution in [0.2, 0.25) is 0 Å². The van der Waals surface area contributed by atoms with Gasteiger partial charge in [0.15, 0.2) is 0 Å². The van der Waals surface area contributed by atoms with E-state index in [4.69, 9.17) is 14.5 Å². The molecule has 1 aliphatic heterocycles. The number of hydrogen-bond donors (Lipinski definition) is 0. The minimum absolute atomic E-state index is 0.0150. The highest BCUT2D eigenvalue weighted by molar-refractivity contribution is 5.60. The standard InChI is InChI=1S/C22H24N4O3/c1-28-18-5-6-20(29-2)17(14-18)4-3-11-25-12-13-26-21(27)15-19(24-22(25)26)16-7-9-23-10-8-16/h5-10,14-15H,3-4,11-13H2,1-2H3. The van der Waals surface area contributed by atoms with Crippen LogP contribution in [0, 0.1) is 0 Å². The van der Waals surface area contributed by atoms with Crippen LogP contribution in [-0.2, 0) is 13.0 Å². The van der Waals surface area contributed by atoms with Gasteiger partial charge in [-0.15, -0.1) is 0 Å². The van der Waals surface area contributed by atoms with E-state index in [9.17, 15) is 4.79 Å². The van der Waals surface area contributed by atoms with Crippen molar-refractivity contribution >= 4 is 5.95 Å². The van der Waals surface area contributed by atoms with Crippen LogP contribution in [-0.4, -0.2) is 41.8 Å². The predicted octanol–water partition coefficient (Wildman–Crippen LogP) is 2.78. The van der Waals surface area contributed by atoms with Crippen molar-refractivity contribution in [1.29, 1.82) is 0 Å². The molecule has 150 valence electrons. The average molecular weight is 392 g/mol. The fourth-order valence-electron chi connectivity index (χ4n) is 3.69. The van der Waals surface area contributed by atoms with E-state index in [1.54, 1.807) is 37.2 Å². The number of aryl methyl sites for hydroxylation is 1. The molecule has 1 aliphatic rings. The molecule has 0 saturated heterocycles. The third kappa shape index (κ3) is 3.94. The lowest BCUT2D eigenvalue weighted by Crippen LogP contribution is -2.24. The highest BCUT2D eigenvalue weighted by Gasteiger charge is 2.22. The van der Waals surface area contributed by atoms with Gasteiger partial charge in [-0.05, 0) is 48.7 Å². The Morgan fingerprint density at radius 2 is 1.86 bits per heavy atom. The van der Waals surface area contributed by atoms with Crippen LogP contribution >= 0.6 is 0 Å². The van der Waals surface area contributed by atoms with E-state index in [1.165, 1.54) is 0 Å². The summed E-state index contributed by atoms with van der Waals surface area (Å²) < 4.78 is 12.5. The second-order valence-corrected chi connectivity index (χ2v) is 6.94. The number of hydrogen-bond acceptors (Lipinski definition) is 6. The zero-order valence-electron chi connectivity index (χ0n) is 16.7. The number of ether oxygens (including phenoxy) is 2. The van der Waals surface area contributed by atoms with Gasteiger partial charge >= 0.3 is 0 Å². The molecule has 0 saturated carbocycles. The highest BCUT2D eigenvalue weighted by Crippen LogP contribution is 2.26. The smallest absolute Gasteiger partial charge is 0.255 e. The van der Waals surface area contributed by atoms with Crippen LogP contribution < -0.4 is 19.9 Å². The summed E-state index contributed by atoms with van der Waals surface area (Å²) in [6, 6.07) is 11.2. The van der Waals surface area contributed by atoms with Crippen molar-refractivity contribution in [2.75, 3.05) is 32.2 Å². The molecule has 2 aromatic heterocycles. The van der Waals surface area contributed by atoms with E-state index in [0.717, 1.165) is 54.5 Å². The minimum Gasteiger partial charge on any atom is -0.497 e. The first-order valence-corrected chi connectivity index (χ1v) is 9.67. The molecule has 7 nitrogen and oxygen atoms in total. The molecule has 1 aromatic carbocycles. The molecule has 0 unspecified atom stereocenters. The van der Waals surface area contributed by atoms with Crippen LogP contribution in [0.4, 0.5) is 5.95 Å². The summed E-state index contributed by atoms with van der Waals surface area (Å²) in [7, 11) is 3.34. The number of aromatic nitrogens is 3. The topological polar surface area (TPSA) is 69.5 Å². The molecular formula is C22H24N4O3. The zero-order chi connectivity index (χ0) is 20.2. The molecule has 3 aromatic rings. The van der Waals surface area contributed by atoms with Crippen LogP contribution in [0.5, 0.6) is 11.5 Å². The monoisotopic (exact) mass is 392 g/mol. The van der Waals surface area contributed by atoms with Gasteiger partial charge in [-0.1, -0.05) is 0 Å². The summed E-state index contributed by atoms with van der Waals surface area (Å²) in [6.07, 6.45) is 5.19. The molecule has 0 atom stereocenters. The van der Waals surface area contributed by atoms with Gasteiger partial charge in [0, 0.05) is 43.7 Å². The van der Waals surface area contributed by atoms with Crippen LogP contribution in [0.3, 0.4) is 0 Å². The summed E-state index contributed by atoms with van der Waals surface area (Å²) in [5.74, 6) is 2.42. The maximum Gasteiger partial charge on any atom is 0.255 e. The number of rotatable bonds is 7. The van der Waals surface area contributed by atoms with E-state index < -0.39 is 0 Å². The van der Waals surface area contributed by atoms with E-state index in [-0.39, 0.29) is 5.56 Å². The van der Waals surface area contributed by atoms with E-state index in [2.05, 4.69) is 9.88 Å². The average Bonchev–Trinajstić information content (AvgIpc) is 3.18. The van der Waals surface area contributed by atoms with Gasteiger partial charge in [0.05, 0.1) is 19.9 Å². The van der Waals surface area contributed by atoms with Gasteiger partial charge in [0.2, 0.25) is 5.95 Å². The molecule has 3 heterocycles. The Bertz CT molecular complexity index is 1050. The van der Waals surface area contributed by atoms with E-state index in [0.29, 0.717) is 12.2 Å². The minimum atomic E-state index is -0.0150. The van der Waals surface area contributed by atoms with Gasteiger partial charge in [-0.3, -0.25) is 14.3 Å². The molecule has 0 bridgehead atoms. The second kappa shape index (κ2) is 8.34. The number of benzene rings is 1. The first kappa shape index (κ1) is 19.0. The van der Waals surface area contributed by atoms with Crippen molar-refractivity contribution in [1.82, 2.24) is 14.5 Å². The summed E-state index contributed by atoms with van der Waals surface area (Å²) in [6.45, 7) is 2.27. The largest absolute Gasteiger partial charge is 0.497 e. The fourth-order valence-corrected chi connectivity index (χ4v) is 3.69. The number of nitrogens with zero attached hydrogens (tertiary/aromatic N) is 4. The van der Waals surface area contributed by atoms with Gasteiger partial charge < -0.3 is 14.4 Å². The molecule has 0 N–H and O–H groups in total. The maximum absolute atomic E-state index is 12.6. The molecule has 4 rings (SSSR count). The SMILES string of the molecule is COc1ccc(OC)c(CCCN2CCn3c2nc(-c2ccncc2)cc3=O)c1. The maximum atomic E-state index is 12.6. The van der Waals surface area contributed by atoms with Gasteiger partial charge in [0.1, 0.15) is 11.5 Å². The number of methoxy groups -OCH3 is 2. The van der Waals surface area contributed by atoms with Crippen LogP contribution in [0.15, 0.2) is 53.6 Å². The third-order valence-electron chi connectivity index (χ3n) is 5.20. The summed E-state index contributed by atoms with van der Waals surface area (Å²) in [5.41, 5.74) is 2.68. The normalized spacial score (nSPS) is 12.7. The Balaban J connectivity index is 1.50. The molecular weight excluding hydrogens is 368 g/mol. The molecule has 29 heavy (non-hydrogen) atoms. The lowest BCUT2D eigenvalue weighted by Gasteiger charge is -2.18. The first-order valence-electron chi connectivity index (χ1n) is 9.67. The number of anilines is 1. The highest BCUT2D eigenvalue weighted by atomic mass is 16.5. The van der Waals surface area contributed by atoms with Gasteiger partial charge in [-0.25, -0.2) is 4.98 Å². The summed E-state index contributed by atoms with van der Waals surface area (Å²) in [5, 5.41) is 0. The van der Waals surface area contributed by atoms with Crippen molar-refractivity contribution in [2.24, 2.45) is 0 Å². The Kier molecular flexibility index (Phi) is 5.46. The first-order chi connectivity index (χ1) is 14.2. The van der Waals surface area contributed by atoms with Crippen molar-refractivity contribution < 1.29 is 9.47 Å². The Morgan fingerprint density at radius 3 is 2.62 bits per heavy atom. The number of pyridine rings is 1. The van der Waals surface area contributed by atoms with Crippen LogP contribution in [0.25, 0.3) is 11.3 Å². The third-order valence-corrected chi connectivity index (χ3v) is 5.20. The molecule has 0 radical (unpaired) electrons. The summed E-state index contributed by atoms with van der Waals surface area (Å²) >= 11 is 0. The van der Waals surface area contributed by atoms with Crippen molar-refractivity contribution in [3.8, 4) is 22.8 Å². The summed E-state index contributed by atoms with van der Waals surface area (Å²) in [4.78, 5) is 23.5. The Morgan fingerprint density at radius 1 is 1.03 bits per heavy atom. The lowest BCUT2D eigenvalue weighted by molar-refractivity contribution is 0.398. The van der Waals surface area contributed by atoms with E-state index >= 15 is 0 Å². The number of fused-ring (bicyclic) bond motifs is 1. The van der Waals surface area contributed by atoms with Gasteiger partial charge in [-0.2, -0.15) is 0 Å². The quantitative estimate of drug-likeness (QED) is 0.616. The van der Waals surface area contributed by atoms with Crippen molar-refractivity contribution in [3.05, 3.63) is 64.7 Å². The van der Waals surface area contributed by atoms with Crippen molar-refractivity contribution in [2.45, 2.75) is 19.4 Å². The molecule has 0 amide bonds. The molecule has 0 aliphatic carbocycles. The van der Waals surface area contributed by atoms with Crippen LogP contribution in [0.1, 0.15) is 12.0 Å². The van der Waals surface area contributed by atoms with Gasteiger partial charge in [0.25, 0.3) is 5.56 Å². The fraction of sp³-hybridized carbons (Fsp3) is 0.318. The Hall–Kier alpha value is -3.35. The molecule has 0 fully saturated rings. The molecule has 7 heteroatoms. The lowest BCUT2D eigenvalue weighted by atomic mass is 10.1. The molecule has 0 spiro atoms. The Labute approximate surface area is 169 Å². The predicted molar refractivity (Wildman–Crippen MR) is 112 cm³/mol. The zero-order valence-corrected chi connectivity index (χ0v) is 16.7. The van der Waals surface area contributed by atoms with E-state index in [1.807, 2.05) is 30.3 Å². The second-order valence-electron chi connectivity index (χ2n) is 6.94.